The molecule has 11 nitrogen and oxygen atoms in total. The zero-order chi connectivity index (χ0) is 35.2. The highest BCUT2D eigenvalue weighted by Gasteiger charge is 2.41. The average molecular weight is 793 g/mol. The molecule has 0 aromatic heterocycles. The third kappa shape index (κ3) is 10.8. The fourth-order valence-corrected chi connectivity index (χ4v) is 6.95. The van der Waals surface area contributed by atoms with Crippen molar-refractivity contribution in [3.63, 3.8) is 0 Å². The van der Waals surface area contributed by atoms with E-state index in [9.17, 15) is 24.6 Å². The molecular formula is C37H49IN2O9. The molecule has 2 amide bonds. The number of hydrogen-bond acceptors (Lipinski definition) is 9. The van der Waals surface area contributed by atoms with Gasteiger partial charge in [0.15, 0.2) is 23.0 Å². The summed E-state index contributed by atoms with van der Waals surface area (Å²) in [7, 11) is 1.45. The van der Waals surface area contributed by atoms with Gasteiger partial charge in [-0.15, -0.1) is 0 Å². The van der Waals surface area contributed by atoms with Crippen LogP contribution >= 0.6 is 22.6 Å². The molecule has 0 fully saturated rings. The molecule has 268 valence electrons. The van der Waals surface area contributed by atoms with Crippen molar-refractivity contribution in [2.24, 2.45) is 0 Å². The molecule has 0 saturated carbocycles. The van der Waals surface area contributed by atoms with E-state index in [-0.39, 0.29) is 38.8 Å². The summed E-state index contributed by atoms with van der Waals surface area (Å²) in [6.45, 7) is 2.31. The van der Waals surface area contributed by atoms with Crippen LogP contribution in [-0.4, -0.2) is 78.5 Å². The van der Waals surface area contributed by atoms with Crippen molar-refractivity contribution in [2.45, 2.75) is 102 Å². The number of aliphatic hydroxyl groups is 2. The Morgan fingerprint density at radius 1 is 1.04 bits per heavy atom. The van der Waals surface area contributed by atoms with Crippen molar-refractivity contribution in [3.8, 4) is 23.0 Å². The number of carbonyl (C=O) groups is 3. The second kappa shape index (κ2) is 19.7. The SMILES string of the molecule is CCCCCCCCCCCC(=O)N(Cc1ccc2c(c1)OCO2)[C@@H]1CC(C(=O)NCCO)=C[C@H](Oc2c(I)cc(C=O)cc2OC)[C@H]1O. The summed E-state index contributed by atoms with van der Waals surface area (Å²) in [4.78, 5) is 40.5. The number of ether oxygens (including phenoxy) is 4. The van der Waals surface area contributed by atoms with Crippen LogP contribution in [0.3, 0.4) is 0 Å². The van der Waals surface area contributed by atoms with Crippen molar-refractivity contribution >= 4 is 40.7 Å². The lowest BCUT2D eigenvalue weighted by molar-refractivity contribution is -0.139. The molecule has 4 rings (SSSR count). The lowest BCUT2D eigenvalue weighted by Gasteiger charge is -2.41. The molecule has 2 aliphatic rings. The van der Waals surface area contributed by atoms with Gasteiger partial charge in [-0.2, -0.15) is 0 Å². The maximum Gasteiger partial charge on any atom is 0.247 e. The van der Waals surface area contributed by atoms with Crippen LogP contribution in [0.2, 0.25) is 0 Å². The number of fused-ring (bicyclic) bond motifs is 1. The molecule has 3 atom stereocenters. The molecule has 3 N–H and O–H groups in total. The first-order valence-electron chi connectivity index (χ1n) is 17.2. The Morgan fingerprint density at radius 3 is 2.45 bits per heavy atom. The summed E-state index contributed by atoms with van der Waals surface area (Å²) in [5.74, 6) is 1.24. The molecular weight excluding hydrogens is 743 g/mol. The smallest absolute Gasteiger partial charge is 0.247 e. The number of aldehydes is 1. The fourth-order valence-electron chi connectivity index (χ4n) is 6.19. The van der Waals surface area contributed by atoms with Crippen molar-refractivity contribution < 1.29 is 43.5 Å². The number of benzene rings is 2. The van der Waals surface area contributed by atoms with E-state index in [0.29, 0.717) is 56.8 Å². The van der Waals surface area contributed by atoms with Gasteiger partial charge in [0.25, 0.3) is 0 Å². The van der Waals surface area contributed by atoms with Gasteiger partial charge in [0.2, 0.25) is 18.6 Å². The number of rotatable bonds is 20. The fraction of sp³-hybridized carbons (Fsp3) is 0.541. The minimum atomic E-state index is -1.22. The van der Waals surface area contributed by atoms with Gasteiger partial charge in [0, 0.05) is 37.1 Å². The highest BCUT2D eigenvalue weighted by Crippen LogP contribution is 2.38. The largest absolute Gasteiger partial charge is 0.493 e. The van der Waals surface area contributed by atoms with Crippen LogP contribution in [0, 0.1) is 3.57 Å². The summed E-state index contributed by atoms with van der Waals surface area (Å²) in [5.41, 5.74) is 1.50. The molecule has 2 aromatic carbocycles. The van der Waals surface area contributed by atoms with Gasteiger partial charge in [0.05, 0.1) is 23.3 Å². The van der Waals surface area contributed by atoms with Gasteiger partial charge in [-0.1, -0.05) is 64.4 Å². The molecule has 0 spiro atoms. The Hall–Kier alpha value is -3.36. The van der Waals surface area contributed by atoms with Crippen LogP contribution in [-0.2, 0) is 16.1 Å². The minimum Gasteiger partial charge on any atom is -0.493 e. The molecule has 49 heavy (non-hydrogen) atoms. The Balaban J connectivity index is 1.59. The van der Waals surface area contributed by atoms with Crippen molar-refractivity contribution in [1.82, 2.24) is 10.2 Å². The first-order valence-corrected chi connectivity index (χ1v) is 18.3. The topological polar surface area (TPSA) is 144 Å². The van der Waals surface area contributed by atoms with Crippen LogP contribution in [0.15, 0.2) is 42.0 Å². The Kier molecular flexibility index (Phi) is 15.5. The van der Waals surface area contributed by atoms with Crippen molar-refractivity contribution in [3.05, 3.63) is 56.7 Å². The number of halogens is 1. The predicted molar refractivity (Wildman–Crippen MR) is 193 cm³/mol. The number of methoxy groups -OCH3 is 1. The number of carbonyl (C=O) groups excluding carboxylic acids is 3. The maximum atomic E-state index is 14.1. The Morgan fingerprint density at radius 2 is 1.76 bits per heavy atom. The van der Waals surface area contributed by atoms with Crippen molar-refractivity contribution in [2.75, 3.05) is 27.1 Å². The third-order valence-corrected chi connectivity index (χ3v) is 9.66. The van der Waals surface area contributed by atoms with Crippen LogP contribution in [0.1, 0.15) is 93.5 Å². The van der Waals surface area contributed by atoms with Crippen LogP contribution in [0.25, 0.3) is 0 Å². The third-order valence-electron chi connectivity index (χ3n) is 8.86. The second-order valence-corrected chi connectivity index (χ2v) is 13.6. The minimum absolute atomic E-state index is 0.0479. The summed E-state index contributed by atoms with van der Waals surface area (Å²) < 4.78 is 23.5. The Bertz CT molecular complexity index is 1450. The monoisotopic (exact) mass is 792 g/mol. The molecule has 0 bridgehead atoms. The molecule has 0 radical (unpaired) electrons. The van der Waals surface area contributed by atoms with E-state index in [1.807, 2.05) is 34.7 Å². The first-order chi connectivity index (χ1) is 23.8. The second-order valence-electron chi connectivity index (χ2n) is 12.5. The van der Waals surface area contributed by atoms with Crippen LogP contribution < -0.4 is 24.3 Å². The zero-order valence-electron chi connectivity index (χ0n) is 28.5. The molecule has 1 aliphatic carbocycles. The lowest BCUT2D eigenvalue weighted by Crippen LogP contribution is -2.54. The molecule has 0 unspecified atom stereocenters. The van der Waals surface area contributed by atoms with Crippen LogP contribution in [0.4, 0.5) is 0 Å². The summed E-state index contributed by atoms with van der Waals surface area (Å²) in [6, 6.07) is 7.85. The van der Waals surface area contributed by atoms with E-state index < -0.39 is 24.2 Å². The maximum absolute atomic E-state index is 14.1. The van der Waals surface area contributed by atoms with E-state index in [0.717, 1.165) is 24.8 Å². The van der Waals surface area contributed by atoms with E-state index in [1.165, 1.54) is 45.3 Å². The highest BCUT2D eigenvalue weighted by molar-refractivity contribution is 14.1. The molecule has 1 aliphatic heterocycles. The van der Waals surface area contributed by atoms with Gasteiger partial charge in [-0.25, -0.2) is 0 Å². The number of nitrogens with zero attached hydrogens (tertiary/aromatic N) is 1. The highest BCUT2D eigenvalue weighted by atomic mass is 127. The predicted octanol–water partition coefficient (Wildman–Crippen LogP) is 5.71. The quantitative estimate of drug-likeness (QED) is 0.0874. The van der Waals surface area contributed by atoms with E-state index >= 15 is 0 Å². The van der Waals surface area contributed by atoms with E-state index in [2.05, 4.69) is 12.2 Å². The van der Waals surface area contributed by atoms with Gasteiger partial charge in [-0.3, -0.25) is 14.4 Å². The standard InChI is InChI=1S/C37H49IN2O9/c1-3-4-5-6-7-8-9-10-11-12-34(43)40(22-25-13-14-30-31(18-25)48-24-47-30)29-20-27(37(45)39-15-16-41)21-32(35(29)44)49-36-28(38)17-26(23-42)19-33(36)46-2/h13-14,17-19,21,23,29,32,35,41,44H,3-12,15-16,20,22,24H2,1-2H3,(H,39,45)/t29-,32+,35+/m1/s1. The zero-order valence-corrected chi connectivity index (χ0v) is 30.6. The molecule has 1 heterocycles. The first kappa shape index (κ1) is 38.4. The van der Waals surface area contributed by atoms with Crippen molar-refractivity contribution in [1.29, 1.82) is 0 Å². The normalized spacial score (nSPS) is 18.1. The van der Waals surface area contributed by atoms with Crippen LogP contribution in [0.5, 0.6) is 23.0 Å². The van der Waals surface area contributed by atoms with E-state index in [1.54, 1.807) is 23.1 Å². The summed E-state index contributed by atoms with van der Waals surface area (Å²) in [6.07, 6.45) is 10.4. The molecule has 12 heteroatoms. The summed E-state index contributed by atoms with van der Waals surface area (Å²) in [5, 5.41) is 24.0. The van der Waals surface area contributed by atoms with Gasteiger partial charge < -0.3 is 39.4 Å². The number of hydrogen-bond donors (Lipinski definition) is 3. The number of aliphatic hydroxyl groups excluding tert-OH is 2. The van der Waals surface area contributed by atoms with Gasteiger partial charge in [-0.05, 0) is 64.9 Å². The van der Waals surface area contributed by atoms with Gasteiger partial charge >= 0.3 is 0 Å². The van der Waals surface area contributed by atoms with E-state index in [4.69, 9.17) is 18.9 Å². The van der Waals surface area contributed by atoms with Gasteiger partial charge in [0.1, 0.15) is 18.5 Å². The molecule has 0 saturated heterocycles. The number of amides is 2. The molecule has 2 aromatic rings. The number of unbranched alkanes of at least 4 members (excludes halogenated alkanes) is 8. The summed E-state index contributed by atoms with van der Waals surface area (Å²) >= 11 is 2.03. The number of nitrogens with one attached hydrogen (secondary N) is 1. The average Bonchev–Trinajstić information content (AvgIpc) is 3.58. The Labute approximate surface area is 302 Å². The lowest BCUT2D eigenvalue weighted by atomic mass is 9.87.